The molecule has 0 aliphatic heterocycles. The third-order valence-corrected chi connectivity index (χ3v) is 7.28. The average molecular weight is 592 g/mol. The van der Waals surface area contributed by atoms with Crippen LogP contribution in [0.25, 0.3) is 0 Å². The highest BCUT2D eigenvalue weighted by atomic mass is 79.9. The van der Waals surface area contributed by atoms with E-state index in [2.05, 4.69) is 21.2 Å². The Morgan fingerprint density at radius 2 is 1.75 bits per heavy atom. The highest BCUT2D eigenvalue weighted by Gasteiger charge is 2.30. The molecule has 8 heteroatoms. The molecule has 0 aliphatic rings. The molecule has 0 radical (unpaired) electrons. The third kappa shape index (κ3) is 7.99. The summed E-state index contributed by atoms with van der Waals surface area (Å²) in [5, 5.41) is 3.77. The summed E-state index contributed by atoms with van der Waals surface area (Å²) in [6, 6.07) is 19.6. The Morgan fingerprint density at radius 3 is 2.42 bits per heavy atom. The number of nitrogens with one attached hydrogen (secondary N) is 1. The quantitative estimate of drug-likeness (QED) is 0.273. The van der Waals surface area contributed by atoms with Crippen LogP contribution >= 0.6 is 39.1 Å². The first-order valence-electron chi connectivity index (χ1n) is 11.7. The zero-order chi connectivity index (χ0) is 26.1. The molecule has 3 aromatic rings. The first-order valence-corrected chi connectivity index (χ1v) is 13.3. The topological polar surface area (TPSA) is 58.6 Å². The van der Waals surface area contributed by atoms with Crippen LogP contribution in [0.2, 0.25) is 10.0 Å². The Hall–Kier alpha value is -2.54. The van der Waals surface area contributed by atoms with Gasteiger partial charge in [0.2, 0.25) is 5.91 Å². The highest BCUT2D eigenvalue weighted by molar-refractivity contribution is 9.10. The summed E-state index contributed by atoms with van der Waals surface area (Å²) in [5.41, 5.74) is 2.71. The second kappa shape index (κ2) is 13.7. The van der Waals surface area contributed by atoms with Crippen molar-refractivity contribution in [3.05, 3.63) is 97.9 Å². The number of halogens is 3. The summed E-state index contributed by atoms with van der Waals surface area (Å²) < 4.78 is 6.79. The van der Waals surface area contributed by atoms with Crippen LogP contribution in [0.3, 0.4) is 0 Å². The SMILES string of the molecule is CCCNC(=O)[C@@H](Cc1ccccc1)N(Cc1ccc(Cl)c(Cl)c1)C(=O)COc1ccc(Br)c(C)c1. The Balaban J connectivity index is 1.91. The van der Waals surface area contributed by atoms with E-state index in [1.165, 1.54) is 0 Å². The molecule has 0 saturated carbocycles. The minimum Gasteiger partial charge on any atom is -0.484 e. The van der Waals surface area contributed by atoms with E-state index in [-0.39, 0.29) is 25.0 Å². The lowest BCUT2D eigenvalue weighted by Gasteiger charge is -2.31. The van der Waals surface area contributed by atoms with E-state index >= 15 is 0 Å². The number of benzene rings is 3. The Morgan fingerprint density at radius 1 is 1.00 bits per heavy atom. The van der Waals surface area contributed by atoms with Crippen molar-refractivity contribution in [3.63, 3.8) is 0 Å². The van der Waals surface area contributed by atoms with Crippen molar-refractivity contribution in [1.82, 2.24) is 10.2 Å². The molecule has 0 aliphatic carbocycles. The predicted octanol–water partition coefficient (Wildman–Crippen LogP) is 6.61. The molecule has 3 aromatic carbocycles. The first kappa shape index (κ1) is 28.0. The van der Waals surface area contributed by atoms with Crippen molar-refractivity contribution < 1.29 is 14.3 Å². The lowest BCUT2D eigenvalue weighted by atomic mass is 10.0. The number of aryl methyl sites for hydroxylation is 1. The summed E-state index contributed by atoms with van der Waals surface area (Å²) >= 11 is 15.8. The lowest BCUT2D eigenvalue weighted by Crippen LogP contribution is -2.51. The highest BCUT2D eigenvalue weighted by Crippen LogP contribution is 2.25. The van der Waals surface area contributed by atoms with Gasteiger partial charge in [-0.05, 0) is 60.4 Å². The molecule has 190 valence electrons. The fourth-order valence-corrected chi connectivity index (χ4v) is 4.26. The van der Waals surface area contributed by atoms with Gasteiger partial charge in [0.25, 0.3) is 5.91 Å². The van der Waals surface area contributed by atoms with Gasteiger partial charge >= 0.3 is 0 Å². The summed E-state index contributed by atoms with van der Waals surface area (Å²) in [7, 11) is 0. The maximum atomic E-state index is 13.6. The predicted molar refractivity (Wildman–Crippen MR) is 149 cm³/mol. The van der Waals surface area contributed by atoms with Gasteiger partial charge in [-0.1, -0.05) is 82.5 Å². The van der Waals surface area contributed by atoms with Crippen LogP contribution in [0.4, 0.5) is 0 Å². The van der Waals surface area contributed by atoms with Gasteiger partial charge in [-0.2, -0.15) is 0 Å². The number of amides is 2. The van der Waals surface area contributed by atoms with E-state index in [4.69, 9.17) is 27.9 Å². The standard InChI is InChI=1S/C28H29BrCl2N2O3/c1-3-13-32-28(35)26(16-20-7-5-4-6-8-20)33(17-21-9-12-24(30)25(31)15-21)27(34)18-36-22-10-11-23(29)19(2)14-22/h4-12,14-15,26H,3,13,16-18H2,1-2H3,(H,32,35)/t26-/m1/s1. The smallest absolute Gasteiger partial charge is 0.261 e. The van der Waals surface area contributed by atoms with Crippen molar-refractivity contribution in [2.24, 2.45) is 0 Å². The van der Waals surface area contributed by atoms with E-state index in [1.807, 2.05) is 56.3 Å². The van der Waals surface area contributed by atoms with Crippen molar-refractivity contribution in [1.29, 1.82) is 0 Å². The van der Waals surface area contributed by atoms with Crippen LogP contribution < -0.4 is 10.1 Å². The number of carbonyl (C=O) groups excluding carboxylic acids is 2. The number of hydrogen-bond acceptors (Lipinski definition) is 3. The van der Waals surface area contributed by atoms with Crippen molar-refractivity contribution in [3.8, 4) is 5.75 Å². The summed E-state index contributed by atoms with van der Waals surface area (Å²) in [5.74, 6) is 0.0522. The van der Waals surface area contributed by atoms with Gasteiger partial charge in [0, 0.05) is 24.0 Å². The average Bonchev–Trinajstić information content (AvgIpc) is 2.87. The van der Waals surface area contributed by atoms with Gasteiger partial charge in [-0.15, -0.1) is 0 Å². The normalized spacial score (nSPS) is 11.6. The molecule has 2 amide bonds. The molecule has 3 rings (SSSR count). The summed E-state index contributed by atoms with van der Waals surface area (Å²) in [6.45, 7) is 4.42. The molecule has 5 nitrogen and oxygen atoms in total. The molecular weight excluding hydrogens is 563 g/mol. The van der Waals surface area contributed by atoms with Gasteiger partial charge in [-0.3, -0.25) is 9.59 Å². The number of nitrogens with zero attached hydrogens (tertiary/aromatic N) is 1. The zero-order valence-corrected chi connectivity index (χ0v) is 23.4. The van der Waals surface area contributed by atoms with Crippen LogP contribution in [0.15, 0.2) is 71.2 Å². The molecule has 0 saturated heterocycles. The molecule has 0 heterocycles. The Kier molecular flexibility index (Phi) is 10.7. The van der Waals surface area contributed by atoms with Crippen molar-refractivity contribution in [2.75, 3.05) is 13.2 Å². The maximum absolute atomic E-state index is 13.6. The minimum atomic E-state index is -0.740. The molecule has 36 heavy (non-hydrogen) atoms. The van der Waals surface area contributed by atoms with Crippen molar-refractivity contribution >= 4 is 50.9 Å². The van der Waals surface area contributed by atoms with Crippen LogP contribution in [0.5, 0.6) is 5.75 Å². The number of hydrogen-bond donors (Lipinski definition) is 1. The fraction of sp³-hybridized carbons (Fsp3) is 0.286. The monoisotopic (exact) mass is 590 g/mol. The minimum absolute atomic E-state index is 0.176. The largest absolute Gasteiger partial charge is 0.484 e. The fourth-order valence-electron chi connectivity index (χ4n) is 3.69. The lowest BCUT2D eigenvalue weighted by molar-refractivity contribution is -0.142. The Bertz CT molecular complexity index is 1190. The van der Waals surface area contributed by atoms with Gasteiger partial charge < -0.3 is 15.0 Å². The van der Waals surface area contributed by atoms with Crippen LogP contribution in [-0.4, -0.2) is 35.9 Å². The molecule has 1 atom stereocenters. The third-order valence-electron chi connectivity index (χ3n) is 5.65. The molecule has 1 N–H and O–H groups in total. The van der Waals surface area contributed by atoms with E-state index in [0.29, 0.717) is 28.8 Å². The molecule has 0 bridgehead atoms. The van der Waals surface area contributed by atoms with Crippen molar-refractivity contribution in [2.45, 2.75) is 39.3 Å². The second-order valence-electron chi connectivity index (χ2n) is 8.47. The van der Waals surface area contributed by atoms with Crippen LogP contribution in [0.1, 0.15) is 30.0 Å². The number of rotatable bonds is 11. The van der Waals surface area contributed by atoms with Gasteiger partial charge in [0.15, 0.2) is 6.61 Å². The molecule has 0 aromatic heterocycles. The molecular formula is C28H29BrCl2N2O3. The van der Waals surface area contributed by atoms with E-state index < -0.39 is 6.04 Å². The Labute approximate surface area is 230 Å². The van der Waals surface area contributed by atoms with E-state index in [0.717, 1.165) is 27.6 Å². The van der Waals surface area contributed by atoms with Crippen LogP contribution in [0, 0.1) is 6.92 Å². The van der Waals surface area contributed by atoms with E-state index in [9.17, 15) is 9.59 Å². The first-order chi connectivity index (χ1) is 17.3. The molecule has 0 fully saturated rings. The van der Waals surface area contributed by atoms with Gasteiger partial charge in [0.1, 0.15) is 11.8 Å². The second-order valence-corrected chi connectivity index (χ2v) is 10.1. The van der Waals surface area contributed by atoms with Gasteiger partial charge in [0.05, 0.1) is 10.0 Å². The zero-order valence-electron chi connectivity index (χ0n) is 20.3. The molecule has 0 unspecified atom stereocenters. The maximum Gasteiger partial charge on any atom is 0.261 e. The van der Waals surface area contributed by atoms with Gasteiger partial charge in [-0.25, -0.2) is 0 Å². The molecule has 0 spiro atoms. The number of ether oxygens (including phenoxy) is 1. The van der Waals surface area contributed by atoms with E-state index in [1.54, 1.807) is 29.2 Å². The summed E-state index contributed by atoms with van der Waals surface area (Å²) in [4.78, 5) is 28.5. The summed E-state index contributed by atoms with van der Waals surface area (Å²) in [6.07, 6.45) is 1.15. The number of carbonyl (C=O) groups is 2. The van der Waals surface area contributed by atoms with Crippen LogP contribution in [-0.2, 0) is 22.6 Å².